The quantitative estimate of drug-likeness (QED) is 0.361. The van der Waals surface area contributed by atoms with Gasteiger partial charge in [0.05, 0.1) is 18.3 Å². The molecule has 188 valence electrons. The summed E-state index contributed by atoms with van der Waals surface area (Å²) in [7, 11) is 1.86. The molecule has 1 saturated carbocycles. The molecule has 1 N–H and O–H groups in total. The summed E-state index contributed by atoms with van der Waals surface area (Å²) in [5, 5.41) is 15.5. The van der Waals surface area contributed by atoms with E-state index in [1.165, 1.54) is 25.0 Å². The van der Waals surface area contributed by atoms with E-state index in [1.54, 1.807) is 16.8 Å². The molecule has 35 heavy (non-hydrogen) atoms. The van der Waals surface area contributed by atoms with Crippen molar-refractivity contribution in [2.45, 2.75) is 39.3 Å². The molecule has 4 rings (SSSR count). The fourth-order valence-electron chi connectivity index (χ4n) is 4.15. The van der Waals surface area contributed by atoms with Gasteiger partial charge in [0.25, 0.3) is 0 Å². The van der Waals surface area contributed by atoms with Crippen LogP contribution < -0.4 is 4.74 Å². The lowest BCUT2D eigenvalue weighted by atomic mass is 10.1. The van der Waals surface area contributed by atoms with Crippen molar-refractivity contribution in [3.63, 3.8) is 0 Å². The van der Waals surface area contributed by atoms with Crippen LogP contribution in [0.2, 0.25) is 0 Å². The highest BCUT2D eigenvalue weighted by Crippen LogP contribution is 2.36. The number of aliphatic hydroxyl groups is 1. The first-order valence-electron chi connectivity index (χ1n) is 12.4. The standard InChI is InChI=1S/C28H36FN3O3/c1-20(2)18-34-19-24(33)16-32(15-21-9-10-21)17-26-27(22-7-5-4-6-8-22)30-31(3)28(26)35-25-13-11-23(29)12-14-25/h4-8,11-14,20-21,24,33H,9-10,15-19H2,1-3H3/t24-/m1/s1. The lowest BCUT2D eigenvalue weighted by Crippen LogP contribution is -2.36. The van der Waals surface area contributed by atoms with Crippen molar-refractivity contribution >= 4 is 0 Å². The fourth-order valence-corrected chi connectivity index (χ4v) is 4.15. The molecule has 3 aromatic rings. The minimum atomic E-state index is -0.578. The van der Waals surface area contributed by atoms with Crippen LogP contribution in [0, 0.1) is 17.7 Å². The van der Waals surface area contributed by atoms with E-state index in [4.69, 9.17) is 14.6 Å². The number of ether oxygens (including phenoxy) is 2. The van der Waals surface area contributed by atoms with Gasteiger partial charge in [0.2, 0.25) is 5.88 Å². The third-order valence-electron chi connectivity index (χ3n) is 5.99. The summed E-state index contributed by atoms with van der Waals surface area (Å²) in [6, 6.07) is 16.0. The van der Waals surface area contributed by atoms with Crippen LogP contribution in [0.1, 0.15) is 32.3 Å². The summed E-state index contributed by atoms with van der Waals surface area (Å²) in [4.78, 5) is 2.28. The number of aryl methyl sites for hydroxylation is 1. The number of aromatic nitrogens is 2. The van der Waals surface area contributed by atoms with Gasteiger partial charge in [-0.1, -0.05) is 44.2 Å². The Hall–Kier alpha value is -2.74. The van der Waals surface area contributed by atoms with Crippen molar-refractivity contribution in [2.75, 3.05) is 26.3 Å². The number of benzene rings is 2. The van der Waals surface area contributed by atoms with Crippen molar-refractivity contribution in [1.29, 1.82) is 0 Å². The molecule has 1 fully saturated rings. The first-order chi connectivity index (χ1) is 16.9. The molecule has 7 heteroatoms. The minimum Gasteiger partial charge on any atom is -0.439 e. The Balaban J connectivity index is 1.60. The fraction of sp³-hybridized carbons (Fsp3) is 0.464. The molecule has 1 aliphatic carbocycles. The summed E-state index contributed by atoms with van der Waals surface area (Å²) in [5.74, 6) is 1.93. The second-order valence-electron chi connectivity index (χ2n) is 9.90. The van der Waals surface area contributed by atoms with Crippen LogP contribution in [0.4, 0.5) is 4.39 Å². The lowest BCUT2D eigenvalue weighted by molar-refractivity contribution is 0.00613. The highest BCUT2D eigenvalue weighted by Gasteiger charge is 2.28. The topological polar surface area (TPSA) is 59.8 Å². The van der Waals surface area contributed by atoms with Gasteiger partial charge in [-0.2, -0.15) is 5.10 Å². The lowest BCUT2D eigenvalue weighted by Gasteiger charge is -2.26. The van der Waals surface area contributed by atoms with Crippen LogP contribution in [0.3, 0.4) is 0 Å². The van der Waals surface area contributed by atoms with Gasteiger partial charge < -0.3 is 14.6 Å². The van der Waals surface area contributed by atoms with Crippen LogP contribution in [-0.2, 0) is 18.3 Å². The molecular weight excluding hydrogens is 445 g/mol. The highest BCUT2D eigenvalue weighted by atomic mass is 19.1. The molecule has 1 heterocycles. The predicted octanol–water partition coefficient (Wildman–Crippen LogP) is 5.26. The predicted molar refractivity (Wildman–Crippen MR) is 135 cm³/mol. The Morgan fingerprint density at radius 3 is 2.46 bits per heavy atom. The Bertz CT molecular complexity index is 1070. The van der Waals surface area contributed by atoms with E-state index >= 15 is 0 Å². The maximum atomic E-state index is 13.4. The number of nitrogens with zero attached hydrogens (tertiary/aromatic N) is 3. The Morgan fingerprint density at radius 2 is 1.80 bits per heavy atom. The third kappa shape index (κ3) is 7.37. The average molecular weight is 482 g/mol. The maximum Gasteiger partial charge on any atom is 0.222 e. The zero-order valence-electron chi connectivity index (χ0n) is 20.9. The molecule has 1 aliphatic rings. The van der Waals surface area contributed by atoms with E-state index in [0.717, 1.165) is 23.4 Å². The molecule has 1 atom stereocenters. The summed E-state index contributed by atoms with van der Waals surface area (Å²) < 4.78 is 27.1. The summed E-state index contributed by atoms with van der Waals surface area (Å²) in [6.07, 6.45) is 1.85. The second kappa shape index (κ2) is 11.8. The summed E-state index contributed by atoms with van der Waals surface area (Å²) in [6.45, 7) is 7.14. The smallest absolute Gasteiger partial charge is 0.222 e. The second-order valence-corrected chi connectivity index (χ2v) is 9.90. The third-order valence-corrected chi connectivity index (χ3v) is 5.99. The molecule has 6 nitrogen and oxygen atoms in total. The maximum absolute atomic E-state index is 13.4. The number of hydrogen-bond donors (Lipinski definition) is 1. The zero-order chi connectivity index (χ0) is 24.8. The van der Waals surface area contributed by atoms with Crippen molar-refractivity contribution in [1.82, 2.24) is 14.7 Å². The van der Waals surface area contributed by atoms with Gasteiger partial charge in [-0.15, -0.1) is 0 Å². The van der Waals surface area contributed by atoms with E-state index in [0.29, 0.717) is 49.8 Å². The van der Waals surface area contributed by atoms with Crippen LogP contribution in [0.25, 0.3) is 11.3 Å². The Kier molecular flexibility index (Phi) is 8.55. The molecule has 0 bridgehead atoms. The first kappa shape index (κ1) is 25.4. The minimum absolute atomic E-state index is 0.308. The molecule has 1 aromatic heterocycles. The normalized spacial score (nSPS) is 14.6. The molecule has 2 aromatic carbocycles. The van der Waals surface area contributed by atoms with Gasteiger partial charge in [-0.05, 0) is 48.9 Å². The largest absolute Gasteiger partial charge is 0.439 e. The first-order valence-corrected chi connectivity index (χ1v) is 12.4. The zero-order valence-corrected chi connectivity index (χ0v) is 20.9. The Labute approximate surface area is 207 Å². The van der Waals surface area contributed by atoms with E-state index in [-0.39, 0.29) is 5.82 Å². The number of rotatable bonds is 13. The van der Waals surface area contributed by atoms with Crippen LogP contribution >= 0.6 is 0 Å². The van der Waals surface area contributed by atoms with Gasteiger partial charge in [-0.25, -0.2) is 9.07 Å². The van der Waals surface area contributed by atoms with Crippen LogP contribution in [0.15, 0.2) is 54.6 Å². The molecule has 0 saturated heterocycles. The summed E-state index contributed by atoms with van der Waals surface area (Å²) >= 11 is 0. The molecule has 0 amide bonds. The number of hydrogen-bond acceptors (Lipinski definition) is 5. The van der Waals surface area contributed by atoms with E-state index < -0.39 is 6.10 Å². The van der Waals surface area contributed by atoms with Gasteiger partial charge in [0.1, 0.15) is 17.3 Å². The van der Waals surface area contributed by atoms with E-state index in [9.17, 15) is 9.50 Å². The number of aliphatic hydroxyl groups excluding tert-OH is 1. The van der Waals surface area contributed by atoms with Crippen molar-refractivity contribution in [2.24, 2.45) is 18.9 Å². The van der Waals surface area contributed by atoms with E-state index in [1.807, 2.05) is 37.4 Å². The molecule has 0 spiro atoms. The van der Waals surface area contributed by atoms with Crippen LogP contribution in [0.5, 0.6) is 11.6 Å². The van der Waals surface area contributed by atoms with Crippen molar-refractivity contribution in [3.8, 4) is 22.9 Å². The van der Waals surface area contributed by atoms with Gasteiger partial charge >= 0.3 is 0 Å². The van der Waals surface area contributed by atoms with Gasteiger partial charge in [-0.3, -0.25) is 4.90 Å². The molecular formula is C28H36FN3O3. The van der Waals surface area contributed by atoms with Gasteiger partial charge in [0, 0.05) is 38.9 Å². The monoisotopic (exact) mass is 481 g/mol. The van der Waals surface area contributed by atoms with E-state index in [2.05, 4.69) is 18.7 Å². The molecule has 0 unspecified atom stereocenters. The highest BCUT2D eigenvalue weighted by molar-refractivity contribution is 5.65. The van der Waals surface area contributed by atoms with Gasteiger partial charge in [0.15, 0.2) is 0 Å². The molecule has 0 aliphatic heterocycles. The SMILES string of the molecule is CC(C)COC[C@H](O)CN(Cc1c(-c2ccccc2)nn(C)c1Oc1ccc(F)cc1)CC1CC1. The average Bonchev–Trinajstić information content (AvgIpc) is 3.60. The molecule has 0 radical (unpaired) electrons. The number of halogens is 1. The van der Waals surface area contributed by atoms with Crippen LogP contribution in [-0.4, -0.2) is 52.2 Å². The van der Waals surface area contributed by atoms with Crippen molar-refractivity contribution < 1.29 is 19.0 Å². The Morgan fingerprint density at radius 1 is 1.09 bits per heavy atom. The summed E-state index contributed by atoms with van der Waals surface area (Å²) in [5.41, 5.74) is 2.79. The van der Waals surface area contributed by atoms with Crippen molar-refractivity contribution in [3.05, 3.63) is 66.0 Å².